The SMILES string of the molecule is CCCC/C(=C\[Si](C)(C)C)c1ccc(CC(C)C)c(CCCCCC(C)(C)O[Si](CC)(CC)CC)c1. The van der Waals surface area contributed by atoms with Crippen LogP contribution in [0.3, 0.4) is 0 Å². The number of allylic oxidation sites excluding steroid dienone is 1. The third-order valence-corrected chi connectivity index (χ3v) is 13.8. The lowest BCUT2D eigenvalue weighted by Crippen LogP contribution is -2.44. The highest BCUT2D eigenvalue weighted by Gasteiger charge is 2.35. The summed E-state index contributed by atoms with van der Waals surface area (Å²) in [6.07, 6.45) is 11.2. The minimum atomic E-state index is -1.54. The van der Waals surface area contributed by atoms with E-state index in [0.29, 0.717) is 5.92 Å². The summed E-state index contributed by atoms with van der Waals surface area (Å²) in [5.74, 6) is 0.699. The molecule has 1 aromatic carbocycles. The molecule has 0 aliphatic heterocycles. The van der Waals surface area contributed by atoms with Gasteiger partial charge in [-0.25, -0.2) is 0 Å². The van der Waals surface area contributed by atoms with Crippen molar-refractivity contribution in [3.05, 3.63) is 40.6 Å². The standard InChI is InChI=1S/C33H62OSi2/c1-12-16-20-32(27-35(9,10)11)31-23-22-30(25-28(5)6)29(26-31)21-18-17-19-24-33(7,8)34-36(13-2,14-3)15-4/h22-23,26-28H,12-21,24-25H2,1-11H3/b32-27+. The zero-order valence-corrected chi connectivity index (χ0v) is 28.3. The summed E-state index contributed by atoms with van der Waals surface area (Å²) in [7, 11) is -2.81. The molecule has 0 amide bonds. The maximum absolute atomic E-state index is 6.85. The molecule has 0 saturated carbocycles. The van der Waals surface area contributed by atoms with E-state index >= 15 is 0 Å². The summed E-state index contributed by atoms with van der Waals surface area (Å²) in [5.41, 5.74) is 8.94. The Bertz CT molecular complexity index is 773. The van der Waals surface area contributed by atoms with E-state index in [0.717, 1.165) is 0 Å². The van der Waals surface area contributed by atoms with Crippen LogP contribution in [-0.4, -0.2) is 22.0 Å². The van der Waals surface area contributed by atoms with Crippen molar-refractivity contribution in [3.8, 4) is 0 Å². The minimum absolute atomic E-state index is 0.0206. The predicted octanol–water partition coefficient (Wildman–Crippen LogP) is 11.2. The summed E-state index contributed by atoms with van der Waals surface area (Å²) in [6, 6.07) is 11.2. The van der Waals surface area contributed by atoms with E-state index in [1.165, 1.54) is 81.5 Å². The van der Waals surface area contributed by atoms with Crippen LogP contribution in [0.2, 0.25) is 37.8 Å². The van der Waals surface area contributed by atoms with Crippen molar-refractivity contribution in [2.24, 2.45) is 5.92 Å². The van der Waals surface area contributed by atoms with Crippen LogP contribution in [0.4, 0.5) is 0 Å². The van der Waals surface area contributed by atoms with Crippen molar-refractivity contribution < 1.29 is 4.43 Å². The van der Waals surface area contributed by atoms with Crippen LogP contribution in [0.15, 0.2) is 23.9 Å². The fourth-order valence-corrected chi connectivity index (χ4v) is 10.1. The van der Waals surface area contributed by atoms with Gasteiger partial charge in [0.25, 0.3) is 0 Å². The molecular weight excluding hydrogens is 469 g/mol. The second kappa shape index (κ2) is 15.7. The van der Waals surface area contributed by atoms with Crippen LogP contribution >= 0.6 is 0 Å². The van der Waals surface area contributed by atoms with E-state index in [-0.39, 0.29) is 5.60 Å². The van der Waals surface area contributed by atoms with Crippen LogP contribution in [0.5, 0.6) is 0 Å². The number of hydrogen-bond acceptors (Lipinski definition) is 1. The molecule has 0 N–H and O–H groups in total. The number of rotatable bonds is 18. The van der Waals surface area contributed by atoms with E-state index in [1.807, 2.05) is 0 Å². The molecule has 1 rings (SSSR count). The fraction of sp³-hybridized carbons (Fsp3) is 0.758. The van der Waals surface area contributed by atoms with Gasteiger partial charge in [-0.2, -0.15) is 0 Å². The summed E-state index contributed by atoms with van der Waals surface area (Å²) in [6.45, 7) is 26.1. The molecule has 0 heterocycles. The van der Waals surface area contributed by atoms with Gasteiger partial charge < -0.3 is 4.43 Å². The first-order valence-electron chi connectivity index (χ1n) is 15.3. The van der Waals surface area contributed by atoms with Gasteiger partial charge in [0, 0.05) is 0 Å². The molecule has 0 unspecified atom stereocenters. The van der Waals surface area contributed by atoms with Crippen LogP contribution in [0, 0.1) is 5.92 Å². The Morgan fingerprint density at radius 3 is 2.06 bits per heavy atom. The van der Waals surface area contributed by atoms with Crippen molar-refractivity contribution in [2.45, 2.75) is 157 Å². The molecule has 36 heavy (non-hydrogen) atoms. The first-order chi connectivity index (χ1) is 16.8. The van der Waals surface area contributed by atoms with Gasteiger partial charge in [0.05, 0.1) is 13.7 Å². The molecular formula is C33H62OSi2. The molecule has 0 bridgehead atoms. The number of unbranched alkanes of at least 4 members (excludes halogenated alkanes) is 3. The quantitative estimate of drug-likeness (QED) is 0.135. The van der Waals surface area contributed by atoms with E-state index in [2.05, 4.69) is 98.9 Å². The first kappa shape index (κ1) is 33.4. The highest BCUT2D eigenvalue weighted by molar-refractivity contribution is 6.81. The maximum atomic E-state index is 6.85. The molecule has 0 spiro atoms. The average molecular weight is 531 g/mol. The summed E-state index contributed by atoms with van der Waals surface area (Å²) in [5, 5.41) is 0. The molecule has 1 nitrogen and oxygen atoms in total. The zero-order chi connectivity index (χ0) is 27.4. The van der Waals surface area contributed by atoms with Gasteiger partial charge in [-0.15, -0.1) is 0 Å². The minimum Gasteiger partial charge on any atom is -0.412 e. The first-order valence-corrected chi connectivity index (χ1v) is 21.4. The second-order valence-electron chi connectivity index (χ2n) is 13.4. The summed E-state index contributed by atoms with van der Waals surface area (Å²) >= 11 is 0. The lowest BCUT2D eigenvalue weighted by Gasteiger charge is -2.38. The molecule has 0 fully saturated rings. The highest BCUT2D eigenvalue weighted by Crippen LogP contribution is 2.31. The van der Waals surface area contributed by atoms with E-state index in [9.17, 15) is 0 Å². The van der Waals surface area contributed by atoms with Crippen LogP contribution < -0.4 is 0 Å². The predicted molar refractivity (Wildman–Crippen MR) is 170 cm³/mol. The van der Waals surface area contributed by atoms with E-state index < -0.39 is 16.4 Å². The van der Waals surface area contributed by atoms with E-state index in [1.54, 1.807) is 16.7 Å². The Hall–Kier alpha value is -0.646. The third-order valence-electron chi connectivity index (χ3n) is 7.76. The van der Waals surface area contributed by atoms with Gasteiger partial charge in [0.15, 0.2) is 8.32 Å². The van der Waals surface area contributed by atoms with Gasteiger partial charge >= 0.3 is 0 Å². The highest BCUT2D eigenvalue weighted by atomic mass is 28.4. The molecule has 0 aromatic heterocycles. The lowest BCUT2D eigenvalue weighted by atomic mass is 9.90. The Balaban J connectivity index is 2.92. The molecule has 1 aromatic rings. The Labute approximate surface area is 229 Å². The maximum Gasteiger partial charge on any atom is 0.192 e. The number of hydrogen-bond donors (Lipinski definition) is 0. The van der Waals surface area contributed by atoms with Crippen molar-refractivity contribution in [2.75, 3.05) is 0 Å². The molecule has 0 saturated heterocycles. The normalized spacial score (nSPS) is 13.6. The smallest absolute Gasteiger partial charge is 0.192 e. The van der Waals surface area contributed by atoms with Gasteiger partial charge in [-0.3, -0.25) is 0 Å². The Morgan fingerprint density at radius 2 is 1.53 bits per heavy atom. The van der Waals surface area contributed by atoms with E-state index in [4.69, 9.17) is 4.43 Å². The third kappa shape index (κ3) is 12.3. The molecule has 0 aliphatic rings. The Morgan fingerprint density at radius 1 is 0.889 bits per heavy atom. The molecule has 0 aliphatic carbocycles. The van der Waals surface area contributed by atoms with Crippen molar-refractivity contribution >= 4 is 22.0 Å². The molecule has 208 valence electrons. The van der Waals surface area contributed by atoms with Crippen LogP contribution in [-0.2, 0) is 17.3 Å². The monoisotopic (exact) mass is 530 g/mol. The van der Waals surface area contributed by atoms with Gasteiger partial charge in [-0.05, 0) is 98.7 Å². The summed E-state index contributed by atoms with van der Waals surface area (Å²) in [4.78, 5) is 0. The zero-order valence-electron chi connectivity index (χ0n) is 26.3. The van der Waals surface area contributed by atoms with Gasteiger partial charge in [0.1, 0.15) is 0 Å². The topological polar surface area (TPSA) is 9.23 Å². The molecule has 0 radical (unpaired) electrons. The van der Waals surface area contributed by atoms with Crippen molar-refractivity contribution in [1.29, 1.82) is 0 Å². The van der Waals surface area contributed by atoms with Gasteiger partial charge in [-0.1, -0.05) is 104 Å². The van der Waals surface area contributed by atoms with Crippen LogP contribution in [0.1, 0.15) is 117 Å². The number of aryl methyl sites for hydroxylation is 1. The van der Waals surface area contributed by atoms with Crippen molar-refractivity contribution in [3.63, 3.8) is 0 Å². The van der Waals surface area contributed by atoms with Crippen LogP contribution in [0.25, 0.3) is 5.57 Å². The summed E-state index contributed by atoms with van der Waals surface area (Å²) < 4.78 is 6.85. The second-order valence-corrected chi connectivity index (χ2v) is 23.1. The number of benzene rings is 1. The molecule has 3 heteroatoms. The van der Waals surface area contributed by atoms with Crippen molar-refractivity contribution in [1.82, 2.24) is 0 Å². The molecule has 0 atom stereocenters. The fourth-order valence-electron chi connectivity index (χ4n) is 5.53. The van der Waals surface area contributed by atoms with Gasteiger partial charge in [0.2, 0.25) is 0 Å². The average Bonchev–Trinajstić information content (AvgIpc) is 2.80. The lowest BCUT2D eigenvalue weighted by molar-refractivity contribution is 0.0827. The largest absolute Gasteiger partial charge is 0.412 e. The Kier molecular flexibility index (Phi) is 14.5.